The van der Waals surface area contributed by atoms with Crippen molar-refractivity contribution in [3.63, 3.8) is 0 Å². The third-order valence-electron chi connectivity index (χ3n) is 22.4. The molecular weight excluding hydrogens is 1720 g/mol. The van der Waals surface area contributed by atoms with Crippen LogP contribution in [0.2, 0.25) is 20.1 Å². The van der Waals surface area contributed by atoms with Crippen molar-refractivity contribution in [2.45, 2.75) is 139 Å². The molecule has 4 aliphatic heterocycles. The first kappa shape index (κ1) is 98.0. The van der Waals surface area contributed by atoms with Gasteiger partial charge in [0.2, 0.25) is 23.8 Å². The summed E-state index contributed by atoms with van der Waals surface area (Å²) in [5.74, 6) is 5.61. The Morgan fingerprint density at radius 3 is 0.977 bits per heavy atom. The van der Waals surface area contributed by atoms with Crippen LogP contribution in [0.15, 0.2) is 185 Å². The van der Waals surface area contributed by atoms with E-state index in [0.717, 1.165) is 181 Å². The van der Waals surface area contributed by atoms with Crippen molar-refractivity contribution in [3.05, 3.63) is 238 Å². The number of nitrogens with one attached hydrogen (secondary N) is 6. The first-order valence-corrected chi connectivity index (χ1v) is 46.4. The number of aromatic amines is 1. The van der Waals surface area contributed by atoms with Gasteiger partial charge in [0.25, 0.3) is 22.2 Å². The fraction of sp³-hybridized carbons (Fsp3) is 0.357. The van der Waals surface area contributed by atoms with Crippen molar-refractivity contribution in [1.82, 2.24) is 78.0 Å². The number of aromatic nitrogens is 15. The molecule has 0 atom stereocenters. The number of nitrogens with zero attached hydrogens (tertiary/aromatic N) is 18. The Morgan fingerprint density at radius 2 is 0.677 bits per heavy atom. The van der Waals surface area contributed by atoms with Gasteiger partial charge in [0.15, 0.2) is 23.3 Å². The van der Waals surface area contributed by atoms with Crippen LogP contribution in [0.3, 0.4) is 0 Å². The van der Waals surface area contributed by atoms with E-state index in [2.05, 4.69) is 109 Å². The van der Waals surface area contributed by atoms with Crippen LogP contribution < -0.4 is 68.4 Å². The highest BCUT2D eigenvalue weighted by molar-refractivity contribution is 6.34. The van der Waals surface area contributed by atoms with E-state index in [9.17, 15) is 19.2 Å². The highest BCUT2D eigenvalue weighted by Crippen LogP contribution is 2.35. The van der Waals surface area contributed by atoms with Gasteiger partial charge in [-0.15, -0.1) is 0 Å². The lowest BCUT2D eigenvalue weighted by molar-refractivity contribution is 0.568. The van der Waals surface area contributed by atoms with Crippen LogP contribution in [0.4, 0.5) is 69.8 Å². The first-order valence-electron chi connectivity index (χ1n) is 44.9. The van der Waals surface area contributed by atoms with Crippen molar-refractivity contribution in [2.75, 3.05) is 100 Å². The number of pyridine rings is 4. The van der Waals surface area contributed by atoms with Crippen LogP contribution in [-0.2, 0) is 35.2 Å². The van der Waals surface area contributed by atoms with Gasteiger partial charge in [0.1, 0.15) is 25.9 Å². The molecule has 28 nitrogen and oxygen atoms in total. The predicted molar refractivity (Wildman–Crippen MR) is 542 cm³/mol. The van der Waals surface area contributed by atoms with E-state index in [1.54, 1.807) is 90.7 Å². The molecule has 6 N–H and O–H groups in total. The summed E-state index contributed by atoms with van der Waals surface area (Å²) < 4.78 is 8.53. The zero-order valence-electron chi connectivity index (χ0n) is 77.2. The minimum absolute atomic E-state index is 0.0190. The van der Waals surface area contributed by atoms with E-state index in [0.29, 0.717) is 101 Å². The number of hydrogen-bond acceptors (Lipinski definition) is 22. The molecule has 684 valence electrons. The van der Waals surface area contributed by atoms with E-state index in [-0.39, 0.29) is 22.2 Å². The van der Waals surface area contributed by atoms with Crippen LogP contribution in [0.1, 0.15) is 150 Å². The third kappa shape index (κ3) is 23.5. The molecule has 0 aliphatic carbocycles. The average Bonchev–Trinajstić information content (AvgIpc) is 1.73. The molecule has 18 rings (SSSR count). The lowest BCUT2D eigenvalue weighted by atomic mass is 10.1. The smallest absolute Gasteiger partial charge is 0.261 e. The molecule has 4 aliphatic rings. The molecule has 0 radical (unpaired) electrons. The number of H-pyrrole nitrogens is 1. The molecule has 0 amide bonds. The summed E-state index contributed by atoms with van der Waals surface area (Å²) in [6, 6.07) is 32.8. The molecule has 0 saturated carbocycles. The van der Waals surface area contributed by atoms with Crippen molar-refractivity contribution < 1.29 is 0 Å². The number of piperidine rings is 4. The van der Waals surface area contributed by atoms with Crippen LogP contribution in [-0.4, -0.2) is 132 Å². The summed E-state index contributed by atoms with van der Waals surface area (Å²) >= 11 is 25.5. The SMILES string of the molecule is C=C(C)c1cc2cc(Nc3nc(N4CCCCC4)ncc3Cl)ccc2n(C)c1=O.C=C(NC)c1cc2cc(Nc3nc(N4CCCCC4)ncc3Cl)ccc2n(C)c1=O.CC.CC.CC.CC.Cn1c(=O)c(-c2ncc[nH]2)cc2cc(Nc3nc(N4CCCCC4)ncc3Cl)ccc21.Cn1ccc(-c2cc3cc(Nc4nc(N5CCCCC5)ncc4Cl)ccc3n(C)c2=O)c1. The average molecular weight is 1840 g/mol. The zero-order chi connectivity index (χ0) is 93.4. The minimum Gasteiger partial charge on any atom is -0.388 e. The maximum Gasteiger partial charge on any atom is 0.261 e. The summed E-state index contributed by atoms with van der Waals surface area (Å²) in [5, 5.41) is 21.8. The number of fused-ring (bicyclic) bond motifs is 4. The molecule has 10 aromatic heterocycles. The number of halogens is 4. The summed E-state index contributed by atoms with van der Waals surface area (Å²) in [5.41, 5.74) is 11.0. The number of hydrogen-bond donors (Lipinski definition) is 6. The summed E-state index contributed by atoms with van der Waals surface area (Å²) in [4.78, 5) is 103. The van der Waals surface area contributed by atoms with Gasteiger partial charge in [-0.1, -0.05) is 115 Å². The van der Waals surface area contributed by atoms with Gasteiger partial charge in [-0.25, -0.2) is 24.9 Å². The van der Waals surface area contributed by atoms with Crippen LogP contribution in [0.5, 0.6) is 0 Å². The van der Waals surface area contributed by atoms with Gasteiger partial charge in [0, 0.05) is 186 Å². The van der Waals surface area contributed by atoms with E-state index < -0.39 is 0 Å². The van der Waals surface area contributed by atoms with Gasteiger partial charge in [-0.05, 0) is 193 Å². The zero-order valence-corrected chi connectivity index (χ0v) is 80.2. The molecule has 0 spiro atoms. The molecule has 0 unspecified atom stereocenters. The van der Waals surface area contributed by atoms with E-state index >= 15 is 0 Å². The number of rotatable bonds is 17. The van der Waals surface area contributed by atoms with Crippen molar-refractivity contribution >= 4 is 171 Å². The Labute approximate surface area is 780 Å². The number of imidazole rings is 1. The second-order valence-electron chi connectivity index (χ2n) is 31.0. The molecule has 32 heteroatoms. The number of benzene rings is 4. The first-order chi connectivity index (χ1) is 63.0. The van der Waals surface area contributed by atoms with Crippen LogP contribution in [0.25, 0.3) is 77.4 Å². The van der Waals surface area contributed by atoms with Gasteiger partial charge in [-0.2, -0.15) is 19.9 Å². The summed E-state index contributed by atoms with van der Waals surface area (Å²) in [7, 11) is 10.8. The fourth-order valence-electron chi connectivity index (χ4n) is 15.7. The molecule has 130 heavy (non-hydrogen) atoms. The lowest BCUT2D eigenvalue weighted by Crippen LogP contribution is -2.31. The Bertz CT molecular complexity index is 6520. The van der Waals surface area contributed by atoms with Crippen LogP contribution in [0, 0.1) is 0 Å². The Morgan fingerprint density at radius 1 is 0.377 bits per heavy atom. The van der Waals surface area contributed by atoms with Gasteiger partial charge < -0.3 is 74.0 Å². The van der Waals surface area contributed by atoms with Gasteiger partial charge in [0.05, 0.1) is 58.0 Å². The van der Waals surface area contributed by atoms with E-state index in [1.165, 1.54) is 25.7 Å². The highest BCUT2D eigenvalue weighted by Gasteiger charge is 2.23. The maximum atomic E-state index is 12.9. The second-order valence-corrected chi connectivity index (χ2v) is 32.6. The predicted octanol–water partition coefficient (Wildman–Crippen LogP) is 21.6. The standard InChI is InChI=1S/C24H25ClN6O.C22H22ClN7O.C22H25ClN6O.C22H24ClN5O.4C2H6/c1-29-11-8-16(15-29)19-13-17-12-18(6-7-21(17)30(2)23(19)32)27-22-20(25)14-26-24(28-22)31-9-4-3-5-10-31;1-29-18-6-5-15(11-14(18)12-16(21(29)31)19-24-7-8-25-19)27-20-17(23)13-26-22(28-20)30-9-3-2-4-10-30;1-14(24-2)17-12-15-11-16(7-8-19(15)28(3)21(17)30)26-20-18(23)13-25-22(27-20)29-9-5-4-6-10-29;1-14(2)17-12-15-11-16(7-8-19(15)27(3)21(17)29)25-20-18(23)13-24-22(26-20)28-9-5-4-6-10-28;4*1-2/h6-8,11-15H,3-5,9-10H2,1-2H3,(H,26,27,28);5-8,11-13H,2-4,9-10H2,1H3,(H,24,25)(H,26,27,28);7-8,11-13,24H,1,4-6,9-10H2,2-3H3,(H,25,26,27);7-8,11-13H,1,4-6,9-10H2,2-3H3,(H,24,25,26);4*1-2H3. The summed E-state index contributed by atoms with van der Waals surface area (Å²) in [6.45, 7) is 33.4. The lowest BCUT2D eigenvalue weighted by Gasteiger charge is -2.26. The number of allylic oxidation sites excluding steroid dienone is 1. The number of anilines is 12. The van der Waals surface area contributed by atoms with E-state index in [4.69, 9.17) is 46.4 Å². The molecule has 14 aromatic rings. The van der Waals surface area contributed by atoms with Gasteiger partial charge >= 0.3 is 0 Å². The van der Waals surface area contributed by atoms with Crippen molar-refractivity contribution in [3.8, 4) is 22.5 Å². The maximum absolute atomic E-state index is 12.9. The van der Waals surface area contributed by atoms with E-state index in [1.807, 2.05) is 189 Å². The van der Waals surface area contributed by atoms with Crippen LogP contribution >= 0.6 is 46.4 Å². The molecule has 4 fully saturated rings. The quantitative estimate of drug-likeness (QED) is 0.0493. The van der Waals surface area contributed by atoms with Gasteiger partial charge in [-0.3, -0.25) is 19.2 Å². The van der Waals surface area contributed by atoms with Crippen molar-refractivity contribution in [2.24, 2.45) is 35.2 Å². The molecule has 0 bridgehead atoms. The monoisotopic (exact) mass is 1840 g/mol. The molecule has 4 saturated heterocycles. The number of aryl methyl sites for hydroxylation is 5. The Hall–Kier alpha value is -12.6. The Kier molecular flexibility index (Phi) is 35.1. The van der Waals surface area contributed by atoms with Crippen molar-refractivity contribution in [1.29, 1.82) is 0 Å². The topological polar surface area (TPSA) is 298 Å². The normalized spacial score (nSPS) is 13.5. The largest absolute Gasteiger partial charge is 0.388 e. The highest BCUT2D eigenvalue weighted by atomic mass is 35.5. The Balaban J connectivity index is 0.000000163. The molecule has 4 aromatic carbocycles. The minimum atomic E-state index is -0.104. The molecule has 14 heterocycles. The third-order valence-corrected chi connectivity index (χ3v) is 23.5. The summed E-state index contributed by atoms with van der Waals surface area (Å²) in [6.07, 6.45) is 28.0. The second kappa shape index (κ2) is 46.6. The fourth-order valence-corrected chi connectivity index (χ4v) is 16.2. The molecular formula is C98H120Cl4N24O4.